The molecule has 1 heterocycles. The standard InChI is InChI=1S/C23H26N4O2/c1-2-4-22(28)18-5-3-6-20(15-18)26-23(29)25-19-11-13-27(14-12-19)21-9-7-17(16-24)8-10-21/h3,5-10,15,19H,2,4,11-14H2,1H3,(H2,25,26,29). The quantitative estimate of drug-likeness (QED) is 0.719. The highest BCUT2D eigenvalue weighted by Crippen LogP contribution is 2.21. The van der Waals surface area contributed by atoms with Gasteiger partial charge in [-0.25, -0.2) is 4.79 Å². The molecule has 0 unspecified atom stereocenters. The second-order valence-corrected chi connectivity index (χ2v) is 7.27. The number of piperidine rings is 1. The summed E-state index contributed by atoms with van der Waals surface area (Å²) in [5.41, 5.74) is 3.00. The molecule has 2 aromatic carbocycles. The highest BCUT2D eigenvalue weighted by Gasteiger charge is 2.21. The van der Waals surface area contributed by atoms with Crippen molar-refractivity contribution < 1.29 is 9.59 Å². The zero-order valence-electron chi connectivity index (χ0n) is 16.6. The van der Waals surface area contributed by atoms with E-state index < -0.39 is 0 Å². The minimum absolute atomic E-state index is 0.0896. The van der Waals surface area contributed by atoms with Gasteiger partial charge in [0.1, 0.15) is 0 Å². The number of urea groups is 1. The molecule has 29 heavy (non-hydrogen) atoms. The molecule has 1 aliphatic heterocycles. The maximum atomic E-state index is 12.4. The maximum Gasteiger partial charge on any atom is 0.319 e. The smallest absolute Gasteiger partial charge is 0.319 e. The monoisotopic (exact) mass is 390 g/mol. The van der Waals surface area contributed by atoms with E-state index in [9.17, 15) is 9.59 Å². The third-order valence-electron chi connectivity index (χ3n) is 5.11. The lowest BCUT2D eigenvalue weighted by atomic mass is 10.0. The van der Waals surface area contributed by atoms with Gasteiger partial charge in [0.25, 0.3) is 0 Å². The molecular weight excluding hydrogens is 364 g/mol. The van der Waals surface area contributed by atoms with E-state index in [0.29, 0.717) is 23.2 Å². The van der Waals surface area contributed by atoms with Crippen LogP contribution >= 0.6 is 0 Å². The Bertz CT molecular complexity index is 894. The second kappa shape index (κ2) is 9.74. The molecule has 0 spiro atoms. The number of Topliss-reactive ketones (excluding diaryl/α,β-unsaturated/α-hetero) is 1. The van der Waals surface area contributed by atoms with Crippen LogP contribution in [0.25, 0.3) is 0 Å². The number of carbonyl (C=O) groups is 2. The molecule has 1 aliphatic rings. The van der Waals surface area contributed by atoms with Crippen molar-refractivity contribution in [2.45, 2.75) is 38.6 Å². The average molecular weight is 390 g/mol. The number of amides is 2. The molecule has 150 valence electrons. The number of nitrogens with one attached hydrogen (secondary N) is 2. The molecule has 0 bridgehead atoms. The summed E-state index contributed by atoms with van der Waals surface area (Å²) in [6.45, 7) is 3.66. The van der Waals surface area contributed by atoms with Crippen LogP contribution in [0.5, 0.6) is 0 Å². The second-order valence-electron chi connectivity index (χ2n) is 7.27. The first kappa shape index (κ1) is 20.4. The van der Waals surface area contributed by atoms with Crippen LogP contribution < -0.4 is 15.5 Å². The van der Waals surface area contributed by atoms with Crippen molar-refractivity contribution >= 4 is 23.2 Å². The van der Waals surface area contributed by atoms with Gasteiger partial charge in [-0.3, -0.25) is 4.79 Å². The largest absolute Gasteiger partial charge is 0.371 e. The molecule has 1 saturated heterocycles. The summed E-state index contributed by atoms with van der Waals surface area (Å²) in [7, 11) is 0. The van der Waals surface area contributed by atoms with E-state index in [4.69, 9.17) is 5.26 Å². The number of benzene rings is 2. The number of ketones is 1. The van der Waals surface area contributed by atoms with Crippen molar-refractivity contribution in [3.8, 4) is 6.07 Å². The van der Waals surface area contributed by atoms with Crippen LogP contribution in [0.3, 0.4) is 0 Å². The number of anilines is 2. The van der Waals surface area contributed by atoms with Gasteiger partial charge in [-0.05, 0) is 55.7 Å². The SMILES string of the molecule is CCCC(=O)c1cccc(NC(=O)NC2CCN(c3ccc(C#N)cc3)CC2)c1. The number of nitrogens with zero attached hydrogens (tertiary/aromatic N) is 2. The molecule has 0 radical (unpaired) electrons. The fourth-order valence-electron chi connectivity index (χ4n) is 3.52. The molecule has 6 nitrogen and oxygen atoms in total. The normalized spacial score (nSPS) is 14.1. The topological polar surface area (TPSA) is 85.2 Å². The van der Waals surface area contributed by atoms with Crippen molar-refractivity contribution in [3.63, 3.8) is 0 Å². The molecule has 0 saturated carbocycles. The predicted molar refractivity (Wildman–Crippen MR) is 114 cm³/mol. The Kier molecular flexibility index (Phi) is 6.85. The Morgan fingerprint density at radius 3 is 2.52 bits per heavy atom. The lowest BCUT2D eigenvalue weighted by Crippen LogP contribution is -2.46. The summed E-state index contributed by atoms with van der Waals surface area (Å²) in [6, 6.07) is 16.6. The number of hydrogen-bond donors (Lipinski definition) is 2. The van der Waals surface area contributed by atoms with Gasteiger partial charge in [0, 0.05) is 42.5 Å². The molecule has 2 amide bonds. The van der Waals surface area contributed by atoms with Gasteiger partial charge in [-0.15, -0.1) is 0 Å². The Labute approximate surface area is 171 Å². The highest BCUT2D eigenvalue weighted by atomic mass is 16.2. The van der Waals surface area contributed by atoms with Crippen molar-refractivity contribution in [1.82, 2.24) is 5.32 Å². The fourth-order valence-corrected chi connectivity index (χ4v) is 3.52. The third kappa shape index (κ3) is 5.58. The summed E-state index contributed by atoms with van der Waals surface area (Å²) in [5.74, 6) is 0.0896. The van der Waals surface area contributed by atoms with Crippen LogP contribution in [0.4, 0.5) is 16.2 Å². The van der Waals surface area contributed by atoms with Gasteiger partial charge in [-0.2, -0.15) is 5.26 Å². The molecule has 6 heteroatoms. The van der Waals surface area contributed by atoms with E-state index in [-0.39, 0.29) is 17.9 Å². The van der Waals surface area contributed by atoms with Gasteiger partial charge in [0.2, 0.25) is 0 Å². The van der Waals surface area contributed by atoms with Crippen molar-refractivity contribution in [1.29, 1.82) is 5.26 Å². The van der Waals surface area contributed by atoms with Gasteiger partial charge in [-0.1, -0.05) is 19.1 Å². The molecule has 2 aromatic rings. The van der Waals surface area contributed by atoms with E-state index >= 15 is 0 Å². The van der Waals surface area contributed by atoms with E-state index in [1.54, 1.807) is 24.3 Å². The molecule has 2 N–H and O–H groups in total. The molecule has 3 rings (SSSR count). The van der Waals surface area contributed by atoms with E-state index in [1.165, 1.54) is 0 Å². The van der Waals surface area contributed by atoms with Crippen molar-refractivity contribution in [2.75, 3.05) is 23.3 Å². The third-order valence-corrected chi connectivity index (χ3v) is 5.11. The van der Waals surface area contributed by atoms with Crippen LogP contribution in [-0.4, -0.2) is 30.9 Å². The fraction of sp³-hybridized carbons (Fsp3) is 0.348. The summed E-state index contributed by atoms with van der Waals surface area (Å²) in [4.78, 5) is 26.7. The first-order valence-corrected chi connectivity index (χ1v) is 10.0. The molecule has 0 aromatic heterocycles. The molecular formula is C23H26N4O2. The van der Waals surface area contributed by atoms with Crippen LogP contribution in [0.2, 0.25) is 0 Å². The first-order chi connectivity index (χ1) is 14.1. The van der Waals surface area contributed by atoms with Crippen LogP contribution in [-0.2, 0) is 0 Å². The minimum atomic E-state index is -0.248. The summed E-state index contributed by atoms with van der Waals surface area (Å²) in [5, 5.41) is 14.8. The van der Waals surface area contributed by atoms with Gasteiger partial charge in [0.15, 0.2) is 5.78 Å². The van der Waals surface area contributed by atoms with E-state index in [0.717, 1.165) is 38.0 Å². The van der Waals surface area contributed by atoms with E-state index in [2.05, 4.69) is 21.6 Å². The summed E-state index contributed by atoms with van der Waals surface area (Å²) < 4.78 is 0. The Morgan fingerprint density at radius 2 is 1.86 bits per heavy atom. The molecule has 1 fully saturated rings. The zero-order valence-corrected chi connectivity index (χ0v) is 16.6. The van der Waals surface area contributed by atoms with Gasteiger partial charge >= 0.3 is 6.03 Å². The Hall–Kier alpha value is -3.33. The summed E-state index contributed by atoms with van der Waals surface area (Å²) >= 11 is 0. The first-order valence-electron chi connectivity index (χ1n) is 10.0. The predicted octanol–water partition coefficient (Wildman–Crippen LogP) is 4.33. The van der Waals surface area contributed by atoms with Crippen molar-refractivity contribution in [3.05, 3.63) is 59.7 Å². The lowest BCUT2D eigenvalue weighted by Gasteiger charge is -2.34. The number of hydrogen-bond acceptors (Lipinski definition) is 4. The van der Waals surface area contributed by atoms with Crippen LogP contribution in [0.1, 0.15) is 48.5 Å². The molecule has 0 aliphatic carbocycles. The van der Waals surface area contributed by atoms with Crippen LogP contribution in [0.15, 0.2) is 48.5 Å². The number of nitriles is 1. The van der Waals surface area contributed by atoms with Crippen molar-refractivity contribution in [2.24, 2.45) is 0 Å². The van der Waals surface area contributed by atoms with E-state index in [1.807, 2.05) is 31.2 Å². The number of carbonyl (C=O) groups excluding carboxylic acids is 2. The molecule has 0 atom stereocenters. The number of rotatable bonds is 6. The van der Waals surface area contributed by atoms with Crippen LogP contribution in [0, 0.1) is 11.3 Å². The Balaban J connectivity index is 1.49. The van der Waals surface area contributed by atoms with Gasteiger partial charge < -0.3 is 15.5 Å². The average Bonchev–Trinajstić information content (AvgIpc) is 2.75. The maximum absolute atomic E-state index is 12.4. The highest BCUT2D eigenvalue weighted by molar-refractivity contribution is 5.98. The van der Waals surface area contributed by atoms with Gasteiger partial charge in [0.05, 0.1) is 11.6 Å². The minimum Gasteiger partial charge on any atom is -0.371 e. The Morgan fingerprint density at radius 1 is 1.14 bits per heavy atom. The lowest BCUT2D eigenvalue weighted by molar-refractivity contribution is 0.0981. The summed E-state index contributed by atoms with van der Waals surface area (Å²) in [6.07, 6.45) is 3.01. The zero-order chi connectivity index (χ0) is 20.6.